The van der Waals surface area contributed by atoms with E-state index in [-0.39, 0.29) is 5.97 Å². The lowest BCUT2D eigenvalue weighted by molar-refractivity contribution is -0.143. The van der Waals surface area contributed by atoms with Gasteiger partial charge in [-0.25, -0.2) is 0 Å². The normalized spacial score (nSPS) is 24.4. The molecule has 0 aromatic heterocycles. The molecule has 0 aromatic rings. The Kier molecular flexibility index (Phi) is 6.85. The van der Waals surface area contributed by atoms with Crippen molar-refractivity contribution in [2.24, 2.45) is 5.92 Å². The molecule has 0 spiro atoms. The number of likely N-dealkylation sites (tertiary alicyclic amines) is 1. The van der Waals surface area contributed by atoms with E-state index in [0.717, 1.165) is 24.8 Å². The van der Waals surface area contributed by atoms with E-state index in [2.05, 4.69) is 4.90 Å². The van der Waals surface area contributed by atoms with Crippen molar-refractivity contribution >= 4 is 5.97 Å². The minimum absolute atomic E-state index is 0.0301. The lowest BCUT2D eigenvalue weighted by atomic mass is 9.96. The Hall–Kier alpha value is -0.570. The van der Waals surface area contributed by atoms with Crippen molar-refractivity contribution in [2.75, 3.05) is 19.7 Å². The molecule has 0 N–H and O–H groups in total. The van der Waals surface area contributed by atoms with Crippen LogP contribution in [0.3, 0.4) is 0 Å². The van der Waals surface area contributed by atoms with Gasteiger partial charge in [0.05, 0.1) is 6.61 Å². The molecule has 1 saturated heterocycles. The van der Waals surface area contributed by atoms with E-state index in [0.29, 0.717) is 13.0 Å². The molecule has 1 heterocycles. The molecule has 1 unspecified atom stereocenters. The number of unbranched alkanes of at least 4 members (excludes halogenated alkanes) is 2. The first-order valence-corrected chi connectivity index (χ1v) is 8.71. The van der Waals surface area contributed by atoms with Gasteiger partial charge in [-0.2, -0.15) is 0 Å². The number of ether oxygens (including phenoxy) is 1. The largest absolute Gasteiger partial charge is 0.466 e. The Balaban J connectivity index is 1.57. The summed E-state index contributed by atoms with van der Waals surface area (Å²) in [7, 11) is 0. The maximum atomic E-state index is 11.3. The molecule has 20 heavy (non-hydrogen) atoms. The van der Waals surface area contributed by atoms with Crippen molar-refractivity contribution < 1.29 is 9.53 Å². The maximum absolute atomic E-state index is 11.3. The van der Waals surface area contributed by atoms with Crippen LogP contribution in [0.2, 0.25) is 0 Å². The van der Waals surface area contributed by atoms with Crippen LogP contribution in [-0.4, -0.2) is 36.6 Å². The number of carbonyl (C=O) groups excluding carboxylic acids is 1. The first kappa shape index (κ1) is 15.8. The Bertz CT molecular complexity index is 287. The second kappa shape index (κ2) is 8.66. The quantitative estimate of drug-likeness (QED) is 0.501. The van der Waals surface area contributed by atoms with Crippen LogP contribution in [0.25, 0.3) is 0 Å². The van der Waals surface area contributed by atoms with Crippen molar-refractivity contribution in [1.29, 1.82) is 0 Å². The molecule has 0 aromatic carbocycles. The van der Waals surface area contributed by atoms with Crippen molar-refractivity contribution in [3.63, 3.8) is 0 Å². The third kappa shape index (κ3) is 4.76. The van der Waals surface area contributed by atoms with E-state index in [1.807, 2.05) is 6.92 Å². The molecule has 3 heteroatoms. The van der Waals surface area contributed by atoms with Crippen LogP contribution in [0.5, 0.6) is 0 Å². The van der Waals surface area contributed by atoms with Crippen molar-refractivity contribution in [3.05, 3.63) is 0 Å². The van der Waals surface area contributed by atoms with Crippen LogP contribution in [0.1, 0.15) is 71.1 Å². The predicted octanol–water partition coefficient (Wildman–Crippen LogP) is 3.76. The molecular weight excluding hydrogens is 250 g/mol. The smallest absolute Gasteiger partial charge is 0.305 e. The zero-order chi connectivity index (χ0) is 14.2. The Morgan fingerprint density at radius 2 is 1.90 bits per heavy atom. The van der Waals surface area contributed by atoms with Crippen LogP contribution in [0.15, 0.2) is 0 Å². The highest BCUT2D eigenvalue weighted by Crippen LogP contribution is 2.35. The molecule has 116 valence electrons. The summed E-state index contributed by atoms with van der Waals surface area (Å²) < 4.78 is 4.96. The first-order valence-electron chi connectivity index (χ1n) is 8.71. The molecule has 2 fully saturated rings. The first-order chi connectivity index (χ1) is 9.81. The molecule has 3 nitrogen and oxygen atoms in total. The second-order valence-electron chi connectivity index (χ2n) is 6.41. The predicted molar refractivity (Wildman–Crippen MR) is 81.7 cm³/mol. The van der Waals surface area contributed by atoms with Crippen LogP contribution in [-0.2, 0) is 9.53 Å². The summed E-state index contributed by atoms with van der Waals surface area (Å²) in [6, 6.07) is 0.877. The number of hydrogen-bond acceptors (Lipinski definition) is 3. The highest BCUT2D eigenvalue weighted by molar-refractivity contribution is 5.69. The molecule has 1 saturated carbocycles. The van der Waals surface area contributed by atoms with E-state index in [4.69, 9.17) is 4.74 Å². The van der Waals surface area contributed by atoms with Gasteiger partial charge in [-0.05, 0) is 64.5 Å². The average Bonchev–Trinajstić information content (AvgIpc) is 3.09. The van der Waals surface area contributed by atoms with Crippen LogP contribution in [0, 0.1) is 5.92 Å². The van der Waals surface area contributed by atoms with E-state index < -0.39 is 0 Å². The standard InChI is InChI=1S/C17H31NO2/c1-2-20-17(19)12-4-3-7-13-18-14-8-11-16(18)15-9-5-6-10-15/h15-16H,2-14H2,1H3. The Morgan fingerprint density at radius 3 is 2.65 bits per heavy atom. The third-order valence-corrected chi connectivity index (χ3v) is 4.99. The van der Waals surface area contributed by atoms with Crippen molar-refractivity contribution in [2.45, 2.75) is 77.2 Å². The molecule has 1 aliphatic heterocycles. The minimum Gasteiger partial charge on any atom is -0.466 e. The van der Waals surface area contributed by atoms with Gasteiger partial charge in [0.15, 0.2) is 0 Å². The highest BCUT2D eigenvalue weighted by atomic mass is 16.5. The molecule has 2 aliphatic rings. The third-order valence-electron chi connectivity index (χ3n) is 4.99. The summed E-state index contributed by atoms with van der Waals surface area (Å²) in [4.78, 5) is 14.0. The summed E-state index contributed by atoms with van der Waals surface area (Å²) >= 11 is 0. The van der Waals surface area contributed by atoms with Gasteiger partial charge in [-0.3, -0.25) is 4.79 Å². The number of carbonyl (C=O) groups is 1. The highest BCUT2D eigenvalue weighted by Gasteiger charge is 2.32. The summed E-state index contributed by atoms with van der Waals surface area (Å²) in [5.41, 5.74) is 0. The molecule has 0 radical (unpaired) electrons. The summed E-state index contributed by atoms with van der Waals surface area (Å²) in [5, 5.41) is 0. The number of rotatable bonds is 8. The molecule has 0 amide bonds. The fraction of sp³-hybridized carbons (Fsp3) is 0.941. The summed E-state index contributed by atoms with van der Waals surface area (Å²) in [5.74, 6) is 0.953. The minimum atomic E-state index is -0.0301. The van der Waals surface area contributed by atoms with Gasteiger partial charge in [0.1, 0.15) is 0 Å². The molecule has 1 atom stereocenters. The van der Waals surface area contributed by atoms with Gasteiger partial charge < -0.3 is 9.64 Å². The monoisotopic (exact) mass is 281 g/mol. The molecule has 1 aliphatic carbocycles. The van der Waals surface area contributed by atoms with Gasteiger partial charge in [0.25, 0.3) is 0 Å². The van der Waals surface area contributed by atoms with Gasteiger partial charge in [-0.1, -0.05) is 19.3 Å². The molecule has 0 bridgehead atoms. The van der Waals surface area contributed by atoms with Crippen LogP contribution in [0.4, 0.5) is 0 Å². The maximum Gasteiger partial charge on any atom is 0.305 e. The fourth-order valence-electron chi connectivity index (χ4n) is 4.00. The number of nitrogens with zero attached hydrogens (tertiary/aromatic N) is 1. The van der Waals surface area contributed by atoms with E-state index >= 15 is 0 Å². The van der Waals surface area contributed by atoms with Crippen LogP contribution >= 0.6 is 0 Å². The lowest BCUT2D eigenvalue weighted by Crippen LogP contribution is -2.35. The molecular formula is C17H31NO2. The SMILES string of the molecule is CCOC(=O)CCCCCN1CCCC1C1CCCC1. The van der Waals surface area contributed by atoms with Gasteiger partial charge in [0, 0.05) is 12.5 Å². The second-order valence-corrected chi connectivity index (χ2v) is 6.41. The Morgan fingerprint density at radius 1 is 1.10 bits per heavy atom. The fourth-order valence-corrected chi connectivity index (χ4v) is 4.00. The number of esters is 1. The van der Waals surface area contributed by atoms with Gasteiger partial charge >= 0.3 is 5.97 Å². The lowest BCUT2D eigenvalue weighted by Gasteiger charge is -2.29. The van der Waals surface area contributed by atoms with Crippen LogP contribution < -0.4 is 0 Å². The zero-order valence-electron chi connectivity index (χ0n) is 13.1. The van der Waals surface area contributed by atoms with Gasteiger partial charge in [-0.15, -0.1) is 0 Å². The van der Waals surface area contributed by atoms with E-state index in [1.54, 1.807) is 0 Å². The van der Waals surface area contributed by atoms with E-state index in [9.17, 15) is 4.79 Å². The van der Waals surface area contributed by atoms with Crippen molar-refractivity contribution in [3.8, 4) is 0 Å². The summed E-state index contributed by atoms with van der Waals surface area (Å²) in [6.45, 7) is 4.92. The Labute approximate surface area is 124 Å². The molecule has 2 rings (SSSR count). The topological polar surface area (TPSA) is 29.5 Å². The zero-order valence-corrected chi connectivity index (χ0v) is 13.1. The van der Waals surface area contributed by atoms with Gasteiger partial charge in [0.2, 0.25) is 0 Å². The van der Waals surface area contributed by atoms with Crippen molar-refractivity contribution in [1.82, 2.24) is 4.90 Å². The average molecular weight is 281 g/mol. The van der Waals surface area contributed by atoms with E-state index in [1.165, 1.54) is 58.0 Å². The summed E-state index contributed by atoms with van der Waals surface area (Å²) in [6.07, 6.45) is 12.6. The number of hydrogen-bond donors (Lipinski definition) is 0.